The Morgan fingerprint density at radius 1 is 1.38 bits per heavy atom. The van der Waals surface area contributed by atoms with E-state index in [4.69, 9.17) is 4.74 Å². The fourth-order valence-corrected chi connectivity index (χ4v) is 1.37. The molecule has 88 valence electrons. The summed E-state index contributed by atoms with van der Waals surface area (Å²) < 4.78 is 4.92. The molecule has 3 N–H and O–H groups in total. The summed E-state index contributed by atoms with van der Waals surface area (Å²) >= 11 is 0. The Morgan fingerprint density at radius 3 is 2.56 bits per heavy atom. The first-order valence-corrected chi connectivity index (χ1v) is 4.93. The van der Waals surface area contributed by atoms with Crippen LogP contribution >= 0.6 is 0 Å². The van der Waals surface area contributed by atoms with Gasteiger partial charge < -0.3 is 27.5 Å². The molecule has 16 heavy (non-hydrogen) atoms. The largest absolute Gasteiger partial charge is 1.00 e. The molecule has 0 radical (unpaired) electrons. The minimum absolute atomic E-state index is 0. The Balaban J connectivity index is 0.00000225. The van der Waals surface area contributed by atoms with E-state index in [9.17, 15) is 4.79 Å². The molecular weight excluding hydrogens is 270 g/mol. The third kappa shape index (κ3) is 4.59. The van der Waals surface area contributed by atoms with Gasteiger partial charge in [0.2, 0.25) is 0 Å². The van der Waals surface area contributed by atoms with Crippen molar-refractivity contribution in [3.8, 4) is 0 Å². The standard InChI is InChI=1S/C12H15NO2.BrH/c1-2-12(14)15-8-7-10-5-3-4-6-11(10)9-13;/h2-6H,1,7-9,13H2;1H. The summed E-state index contributed by atoms with van der Waals surface area (Å²) in [5.74, 6) is -0.373. The van der Waals surface area contributed by atoms with Gasteiger partial charge in [-0.25, -0.2) is 4.79 Å². The van der Waals surface area contributed by atoms with Crippen molar-refractivity contribution >= 4 is 5.97 Å². The van der Waals surface area contributed by atoms with Crippen LogP contribution in [-0.2, 0) is 22.5 Å². The summed E-state index contributed by atoms with van der Waals surface area (Å²) in [7, 11) is 0. The van der Waals surface area contributed by atoms with Crippen molar-refractivity contribution < 1.29 is 32.2 Å². The predicted octanol–water partition coefficient (Wildman–Crippen LogP) is -2.30. The molecule has 0 aliphatic rings. The molecule has 0 aliphatic heterocycles. The lowest BCUT2D eigenvalue weighted by Gasteiger charge is -2.06. The van der Waals surface area contributed by atoms with Gasteiger partial charge in [-0.15, -0.1) is 0 Å². The molecule has 0 aromatic heterocycles. The normalized spacial score (nSPS) is 9.06. The van der Waals surface area contributed by atoms with Crippen molar-refractivity contribution in [1.82, 2.24) is 0 Å². The molecular formula is C12H16BrNO2. The Kier molecular flexibility index (Phi) is 7.50. The second-order valence-corrected chi connectivity index (χ2v) is 3.14. The van der Waals surface area contributed by atoms with Gasteiger partial charge in [0, 0.05) is 18.1 Å². The number of ether oxygens (including phenoxy) is 1. The Hall–Kier alpha value is -1.13. The van der Waals surface area contributed by atoms with E-state index in [1.165, 1.54) is 17.2 Å². The van der Waals surface area contributed by atoms with Crippen LogP contribution in [-0.4, -0.2) is 12.6 Å². The summed E-state index contributed by atoms with van der Waals surface area (Å²) in [6, 6.07) is 8.03. The van der Waals surface area contributed by atoms with Gasteiger partial charge in [0.25, 0.3) is 0 Å². The number of rotatable bonds is 5. The highest BCUT2D eigenvalue weighted by Gasteiger charge is 2.02. The van der Waals surface area contributed by atoms with E-state index >= 15 is 0 Å². The summed E-state index contributed by atoms with van der Waals surface area (Å²) in [6.45, 7) is 4.48. The SMILES string of the molecule is C=CC(=O)OCCc1ccccc1C[NH3+].[Br-]. The molecule has 0 heterocycles. The first kappa shape index (κ1) is 14.9. The quantitative estimate of drug-likeness (QED) is 0.489. The summed E-state index contributed by atoms with van der Waals surface area (Å²) in [5, 5.41) is 0. The smallest absolute Gasteiger partial charge is 0.330 e. The molecule has 0 atom stereocenters. The monoisotopic (exact) mass is 285 g/mol. The molecule has 0 fully saturated rings. The molecule has 0 aliphatic carbocycles. The minimum atomic E-state index is -0.373. The zero-order chi connectivity index (χ0) is 11.1. The van der Waals surface area contributed by atoms with E-state index < -0.39 is 0 Å². The van der Waals surface area contributed by atoms with E-state index in [-0.39, 0.29) is 23.0 Å². The van der Waals surface area contributed by atoms with Gasteiger partial charge in [0.05, 0.1) is 13.2 Å². The molecule has 0 saturated carbocycles. The predicted molar refractivity (Wildman–Crippen MR) is 57.9 cm³/mol. The van der Waals surface area contributed by atoms with Gasteiger partial charge in [-0.3, -0.25) is 0 Å². The van der Waals surface area contributed by atoms with Gasteiger partial charge >= 0.3 is 5.97 Å². The van der Waals surface area contributed by atoms with Crippen LogP contribution in [0.25, 0.3) is 0 Å². The van der Waals surface area contributed by atoms with Gasteiger partial charge in [0.15, 0.2) is 0 Å². The summed E-state index contributed by atoms with van der Waals surface area (Å²) in [4.78, 5) is 10.8. The molecule has 0 bridgehead atoms. The second-order valence-electron chi connectivity index (χ2n) is 3.14. The van der Waals surface area contributed by atoms with E-state index in [0.717, 1.165) is 13.0 Å². The Labute approximate surface area is 106 Å². The van der Waals surface area contributed by atoms with Crippen molar-refractivity contribution in [1.29, 1.82) is 0 Å². The molecule has 0 saturated heterocycles. The average molecular weight is 286 g/mol. The Morgan fingerprint density at radius 2 is 2.00 bits per heavy atom. The van der Waals surface area contributed by atoms with Gasteiger partial charge in [-0.05, 0) is 5.56 Å². The lowest BCUT2D eigenvalue weighted by Crippen LogP contribution is -3.00. The zero-order valence-corrected chi connectivity index (χ0v) is 10.7. The third-order valence-electron chi connectivity index (χ3n) is 2.17. The van der Waals surface area contributed by atoms with Crippen molar-refractivity contribution in [3.05, 3.63) is 48.0 Å². The maximum absolute atomic E-state index is 10.8. The highest BCUT2D eigenvalue weighted by atomic mass is 79.9. The number of halogens is 1. The number of hydrogen-bond acceptors (Lipinski definition) is 2. The molecule has 1 aromatic carbocycles. The van der Waals surface area contributed by atoms with Crippen LogP contribution in [0.5, 0.6) is 0 Å². The van der Waals surface area contributed by atoms with Crippen LogP contribution < -0.4 is 22.7 Å². The minimum Gasteiger partial charge on any atom is -1.00 e. The maximum Gasteiger partial charge on any atom is 0.330 e. The third-order valence-corrected chi connectivity index (χ3v) is 2.17. The highest BCUT2D eigenvalue weighted by molar-refractivity contribution is 5.81. The van der Waals surface area contributed by atoms with Crippen molar-refractivity contribution in [3.63, 3.8) is 0 Å². The Bertz CT molecular complexity index is 353. The molecule has 0 amide bonds. The van der Waals surface area contributed by atoms with E-state index in [1.807, 2.05) is 24.3 Å². The van der Waals surface area contributed by atoms with Gasteiger partial charge in [-0.2, -0.15) is 0 Å². The lowest BCUT2D eigenvalue weighted by molar-refractivity contribution is -0.386. The molecule has 0 unspecified atom stereocenters. The van der Waals surface area contributed by atoms with Crippen LogP contribution in [0, 0.1) is 0 Å². The van der Waals surface area contributed by atoms with Crippen LogP contribution in [0.15, 0.2) is 36.9 Å². The van der Waals surface area contributed by atoms with Gasteiger partial charge in [-0.1, -0.05) is 30.8 Å². The van der Waals surface area contributed by atoms with Crippen molar-refractivity contribution in [2.75, 3.05) is 6.61 Å². The molecule has 0 spiro atoms. The van der Waals surface area contributed by atoms with Crippen molar-refractivity contribution in [2.24, 2.45) is 0 Å². The van der Waals surface area contributed by atoms with Crippen molar-refractivity contribution in [2.45, 2.75) is 13.0 Å². The fraction of sp³-hybridized carbons (Fsp3) is 0.250. The second kappa shape index (κ2) is 8.07. The van der Waals surface area contributed by atoms with E-state index in [2.05, 4.69) is 12.3 Å². The maximum atomic E-state index is 10.8. The molecule has 1 aromatic rings. The molecule has 1 rings (SSSR count). The fourth-order valence-electron chi connectivity index (χ4n) is 1.37. The molecule has 3 nitrogen and oxygen atoms in total. The number of hydrogen-bond donors (Lipinski definition) is 1. The first-order chi connectivity index (χ1) is 7.27. The number of benzene rings is 1. The number of esters is 1. The van der Waals surface area contributed by atoms with E-state index in [0.29, 0.717) is 6.61 Å². The zero-order valence-electron chi connectivity index (χ0n) is 9.12. The van der Waals surface area contributed by atoms with Gasteiger partial charge in [0.1, 0.15) is 0 Å². The lowest BCUT2D eigenvalue weighted by atomic mass is 10.1. The van der Waals surface area contributed by atoms with E-state index in [1.54, 1.807) is 0 Å². The topological polar surface area (TPSA) is 53.9 Å². The molecule has 4 heteroatoms. The summed E-state index contributed by atoms with van der Waals surface area (Å²) in [6.07, 6.45) is 1.90. The highest BCUT2D eigenvalue weighted by Crippen LogP contribution is 2.08. The number of quaternary nitrogens is 1. The van der Waals surface area contributed by atoms with Crippen LogP contribution in [0.2, 0.25) is 0 Å². The number of carbonyl (C=O) groups excluding carboxylic acids is 1. The summed E-state index contributed by atoms with van der Waals surface area (Å²) in [5.41, 5.74) is 6.24. The number of carbonyl (C=O) groups is 1. The van der Waals surface area contributed by atoms with Crippen LogP contribution in [0.3, 0.4) is 0 Å². The van der Waals surface area contributed by atoms with Crippen LogP contribution in [0.1, 0.15) is 11.1 Å². The first-order valence-electron chi connectivity index (χ1n) is 4.93. The average Bonchev–Trinajstić information content (AvgIpc) is 2.29. The van der Waals surface area contributed by atoms with Crippen LogP contribution in [0.4, 0.5) is 0 Å².